The predicted octanol–water partition coefficient (Wildman–Crippen LogP) is 4.77. The Morgan fingerprint density at radius 3 is 2.21 bits per heavy atom. The van der Waals surface area contributed by atoms with E-state index in [4.69, 9.17) is 40.5 Å². The van der Waals surface area contributed by atoms with Crippen LogP contribution in [0.25, 0.3) is 0 Å². The number of nitrogen functional groups attached to an aromatic ring is 1. The van der Waals surface area contributed by atoms with Gasteiger partial charge in [-0.1, -0.05) is 46.4 Å². The molecule has 2 rings (SSSR count). The molecular formula is C14H10Cl3NO. The summed E-state index contributed by atoms with van der Waals surface area (Å²) in [7, 11) is 0. The van der Waals surface area contributed by atoms with E-state index in [0.29, 0.717) is 16.3 Å². The average molecular weight is 315 g/mol. The maximum absolute atomic E-state index is 12.5. The van der Waals surface area contributed by atoms with E-state index in [-0.39, 0.29) is 21.4 Å². The molecule has 0 heterocycles. The SMILES string of the molecule is Cc1ccc(N)c(C(=O)c2c(Cl)cc(Cl)cc2Cl)c1. The summed E-state index contributed by atoms with van der Waals surface area (Å²) in [6, 6.07) is 8.18. The van der Waals surface area contributed by atoms with Gasteiger partial charge in [-0.15, -0.1) is 0 Å². The van der Waals surface area contributed by atoms with Crippen molar-refractivity contribution in [2.45, 2.75) is 6.92 Å². The van der Waals surface area contributed by atoms with Gasteiger partial charge in [0.15, 0.2) is 5.78 Å². The van der Waals surface area contributed by atoms with Crippen LogP contribution in [0.4, 0.5) is 5.69 Å². The summed E-state index contributed by atoms with van der Waals surface area (Å²) in [5.41, 5.74) is 7.73. The molecule has 0 aromatic heterocycles. The zero-order valence-corrected chi connectivity index (χ0v) is 12.3. The van der Waals surface area contributed by atoms with E-state index in [1.54, 1.807) is 12.1 Å². The fraction of sp³-hybridized carbons (Fsp3) is 0.0714. The molecule has 0 saturated carbocycles. The molecule has 0 amide bonds. The Labute approximate surface area is 126 Å². The molecule has 0 radical (unpaired) electrons. The molecule has 0 saturated heterocycles. The minimum absolute atomic E-state index is 0.211. The van der Waals surface area contributed by atoms with Crippen LogP contribution in [-0.2, 0) is 0 Å². The van der Waals surface area contributed by atoms with Crippen LogP contribution in [0.3, 0.4) is 0 Å². The summed E-state index contributed by atoms with van der Waals surface area (Å²) in [5, 5.41) is 0.801. The molecule has 0 aliphatic rings. The van der Waals surface area contributed by atoms with Gasteiger partial charge in [0, 0.05) is 16.3 Å². The van der Waals surface area contributed by atoms with Crippen LogP contribution in [0.5, 0.6) is 0 Å². The van der Waals surface area contributed by atoms with Gasteiger partial charge in [-0.25, -0.2) is 0 Å². The zero-order chi connectivity index (χ0) is 14.2. The first-order valence-electron chi connectivity index (χ1n) is 5.45. The lowest BCUT2D eigenvalue weighted by Gasteiger charge is -2.09. The minimum atomic E-state index is -0.312. The van der Waals surface area contributed by atoms with Crippen molar-refractivity contribution in [2.24, 2.45) is 0 Å². The van der Waals surface area contributed by atoms with Crippen molar-refractivity contribution in [1.82, 2.24) is 0 Å². The van der Waals surface area contributed by atoms with Gasteiger partial charge >= 0.3 is 0 Å². The molecule has 2 aromatic rings. The molecule has 2 N–H and O–H groups in total. The van der Waals surface area contributed by atoms with E-state index >= 15 is 0 Å². The second-order valence-electron chi connectivity index (χ2n) is 4.16. The first kappa shape index (κ1) is 14.2. The van der Waals surface area contributed by atoms with Crippen molar-refractivity contribution in [3.63, 3.8) is 0 Å². The quantitative estimate of drug-likeness (QED) is 0.641. The maximum atomic E-state index is 12.5. The van der Waals surface area contributed by atoms with Crippen molar-refractivity contribution >= 4 is 46.3 Å². The van der Waals surface area contributed by atoms with E-state index in [1.807, 2.05) is 13.0 Å². The second kappa shape index (κ2) is 5.41. The van der Waals surface area contributed by atoms with Gasteiger partial charge in [0.05, 0.1) is 15.6 Å². The van der Waals surface area contributed by atoms with Crippen molar-refractivity contribution in [3.8, 4) is 0 Å². The molecule has 19 heavy (non-hydrogen) atoms. The summed E-state index contributed by atoms with van der Waals surface area (Å²) >= 11 is 17.9. The number of halogens is 3. The molecule has 0 unspecified atom stereocenters. The highest BCUT2D eigenvalue weighted by atomic mass is 35.5. The van der Waals surface area contributed by atoms with Gasteiger partial charge in [-0.2, -0.15) is 0 Å². The average Bonchev–Trinajstić information content (AvgIpc) is 2.30. The molecule has 0 aliphatic carbocycles. The molecule has 0 fully saturated rings. The number of rotatable bonds is 2. The fourth-order valence-electron chi connectivity index (χ4n) is 1.76. The number of nitrogens with two attached hydrogens (primary N) is 1. The number of aryl methyl sites for hydroxylation is 1. The van der Waals surface area contributed by atoms with Crippen molar-refractivity contribution in [3.05, 3.63) is 62.1 Å². The van der Waals surface area contributed by atoms with Crippen molar-refractivity contribution in [2.75, 3.05) is 5.73 Å². The van der Waals surface area contributed by atoms with Gasteiger partial charge < -0.3 is 5.73 Å². The number of hydrogen-bond acceptors (Lipinski definition) is 2. The molecule has 5 heteroatoms. The monoisotopic (exact) mass is 313 g/mol. The first-order chi connectivity index (χ1) is 8.90. The van der Waals surface area contributed by atoms with Crippen LogP contribution in [0.15, 0.2) is 30.3 Å². The van der Waals surface area contributed by atoms with Crippen LogP contribution >= 0.6 is 34.8 Å². The third-order valence-corrected chi connectivity index (χ3v) is 3.50. The Bertz CT molecular complexity index is 645. The van der Waals surface area contributed by atoms with Crippen molar-refractivity contribution in [1.29, 1.82) is 0 Å². The van der Waals surface area contributed by atoms with Gasteiger partial charge in [0.1, 0.15) is 0 Å². The highest BCUT2D eigenvalue weighted by Crippen LogP contribution is 2.32. The molecule has 2 nitrogen and oxygen atoms in total. The smallest absolute Gasteiger partial charge is 0.198 e. The fourth-order valence-corrected chi connectivity index (χ4v) is 2.75. The number of carbonyl (C=O) groups excluding carboxylic acids is 1. The summed E-state index contributed by atoms with van der Waals surface area (Å²) in [5.74, 6) is -0.312. The lowest BCUT2D eigenvalue weighted by atomic mass is 10.00. The molecule has 2 aromatic carbocycles. The van der Waals surface area contributed by atoms with E-state index < -0.39 is 0 Å². The van der Waals surface area contributed by atoms with Crippen LogP contribution in [0, 0.1) is 6.92 Å². The van der Waals surface area contributed by atoms with Crippen LogP contribution in [0.2, 0.25) is 15.1 Å². The molecule has 0 bridgehead atoms. The van der Waals surface area contributed by atoms with Gasteiger partial charge in [-0.3, -0.25) is 4.79 Å². The number of carbonyl (C=O) groups is 1. The normalized spacial score (nSPS) is 10.5. The van der Waals surface area contributed by atoms with Gasteiger partial charge in [0.2, 0.25) is 0 Å². The molecule has 0 atom stereocenters. The number of anilines is 1. The van der Waals surface area contributed by atoms with Crippen LogP contribution in [0.1, 0.15) is 21.5 Å². The summed E-state index contributed by atoms with van der Waals surface area (Å²) in [6.07, 6.45) is 0. The Morgan fingerprint density at radius 2 is 1.63 bits per heavy atom. The zero-order valence-electron chi connectivity index (χ0n) is 10.0. The summed E-state index contributed by atoms with van der Waals surface area (Å²) in [4.78, 5) is 12.5. The second-order valence-corrected chi connectivity index (χ2v) is 5.42. The minimum Gasteiger partial charge on any atom is -0.398 e. The van der Waals surface area contributed by atoms with E-state index in [0.717, 1.165) is 5.56 Å². The number of ketones is 1. The van der Waals surface area contributed by atoms with Crippen LogP contribution in [-0.4, -0.2) is 5.78 Å². The van der Waals surface area contributed by atoms with Crippen molar-refractivity contribution < 1.29 is 4.79 Å². The third-order valence-electron chi connectivity index (χ3n) is 2.69. The lowest BCUT2D eigenvalue weighted by molar-refractivity contribution is 0.104. The van der Waals surface area contributed by atoms with E-state index in [9.17, 15) is 4.79 Å². The van der Waals surface area contributed by atoms with E-state index in [2.05, 4.69) is 0 Å². The molecule has 0 spiro atoms. The standard InChI is InChI=1S/C14H10Cl3NO/c1-7-2-3-12(18)9(4-7)14(19)13-10(16)5-8(15)6-11(13)17/h2-6H,18H2,1H3. The summed E-state index contributed by atoms with van der Waals surface area (Å²) < 4.78 is 0. The predicted molar refractivity (Wildman–Crippen MR) is 80.5 cm³/mol. The highest BCUT2D eigenvalue weighted by molar-refractivity contribution is 6.43. The largest absolute Gasteiger partial charge is 0.398 e. The Kier molecular flexibility index (Phi) is 4.04. The summed E-state index contributed by atoms with van der Waals surface area (Å²) in [6.45, 7) is 1.88. The Balaban J connectivity index is 2.59. The number of hydrogen-bond donors (Lipinski definition) is 1. The van der Waals surface area contributed by atoms with Gasteiger partial charge in [0.25, 0.3) is 0 Å². The first-order valence-corrected chi connectivity index (χ1v) is 6.59. The molecule has 0 aliphatic heterocycles. The maximum Gasteiger partial charge on any atom is 0.198 e. The number of benzene rings is 2. The molecule has 98 valence electrons. The molecular weight excluding hydrogens is 305 g/mol. The Hall–Kier alpha value is -1.22. The lowest BCUT2D eigenvalue weighted by Crippen LogP contribution is -2.07. The van der Waals surface area contributed by atoms with E-state index in [1.165, 1.54) is 12.1 Å². The van der Waals surface area contributed by atoms with Crippen LogP contribution < -0.4 is 5.73 Å². The third kappa shape index (κ3) is 2.86. The van der Waals surface area contributed by atoms with Gasteiger partial charge in [-0.05, 0) is 31.2 Å². The highest BCUT2D eigenvalue weighted by Gasteiger charge is 2.19. The topological polar surface area (TPSA) is 43.1 Å². The Morgan fingerprint density at radius 1 is 1.05 bits per heavy atom.